The first-order valence-electron chi connectivity index (χ1n) is 8.92. The summed E-state index contributed by atoms with van der Waals surface area (Å²) in [4.78, 5) is 28.0. The number of carboxylic acid groups (broad SMARTS) is 1. The summed E-state index contributed by atoms with van der Waals surface area (Å²) in [5, 5.41) is 19.8. The number of nitrogens with zero attached hydrogens (tertiary/aromatic N) is 2. The van der Waals surface area contributed by atoms with Crippen LogP contribution in [0.1, 0.15) is 27.2 Å². The molecular weight excluding hydrogens is 356 g/mol. The van der Waals surface area contributed by atoms with E-state index in [1.807, 2.05) is 45.0 Å². The highest BCUT2D eigenvalue weighted by Crippen LogP contribution is 2.25. The Morgan fingerprint density at radius 3 is 2.54 bits per heavy atom. The van der Waals surface area contributed by atoms with E-state index in [1.54, 1.807) is 4.90 Å². The molecule has 1 fully saturated rings. The number of amides is 1. The quantitative estimate of drug-likeness (QED) is 0.790. The van der Waals surface area contributed by atoms with Gasteiger partial charge in [-0.3, -0.25) is 4.79 Å². The lowest BCUT2D eigenvalue weighted by Crippen LogP contribution is -2.57. The molecule has 1 aromatic carbocycles. The fourth-order valence-electron chi connectivity index (χ4n) is 3.45. The minimum Gasteiger partial charge on any atom is -0.479 e. The molecule has 0 radical (unpaired) electrons. The number of rotatable bonds is 6. The first kappa shape index (κ1) is 20.5. The second-order valence-corrected chi connectivity index (χ2v) is 7.76. The maximum Gasteiger partial charge on any atom is 0.333 e. The third-order valence-corrected chi connectivity index (χ3v) is 5.00. The fourth-order valence-corrected chi connectivity index (χ4v) is 3.63. The molecule has 1 aromatic rings. The van der Waals surface area contributed by atoms with Crippen LogP contribution in [-0.4, -0.2) is 58.8 Å². The summed E-state index contributed by atoms with van der Waals surface area (Å²) in [5.41, 5.74) is 1.00. The third-order valence-electron chi connectivity index (χ3n) is 4.76. The van der Waals surface area contributed by atoms with Gasteiger partial charge in [0, 0.05) is 36.4 Å². The van der Waals surface area contributed by atoms with E-state index >= 15 is 0 Å². The standard InChI is InChI=1S/C19H27ClN2O4/c1-12(2)9-16(17(23)19(25)26)18(24)22-8-7-21(11-13(22)3)15-6-4-5-14(20)10-15/h4-6,10,12-13,16-17,23H,7-9,11H2,1-3H3,(H,25,26)/t13-,16+,17+/m1/s1. The zero-order valence-corrected chi connectivity index (χ0v) is 16.2. The van der Waals surface area contributed by atoms with Gasteiger partial charge in [-0.1, -0.05) is 31.5 Å². The number of aliphatic hydroxyl groups excluding tert-OH is 1. The maximum atomic E-state index is 13.0. The summed E-state index contributed by atoms with van der Waals surface area (Å²) in [6, 6.07) is 7.48. The Labute approximate surface area is 159 Å². The molecule has 2 rings (SSSR count). The predicted octanol–water partition coefficient (Wildman–Crippen LogP) is 2.48. The lowest BCUT2D eigenvalue weighted by Gasteiger charge is -2.42. The van der Waals surface area contributed by atoms with Crippen molar-refractivity contribution in [1.29, 1.82) is 0 Å². The van der Waals surface area contributed by atoms with Gasteiger partial charge in [0.2, 0.25) is 5.91 Å². The van der Waals surface area contributed by atoms with Crippen molar-refractivity contribution in [2.75, 3.05) is 24.5 Å². The van der Waals surface area contributed by atoms with E-state index < -0.39 is 18.0 Å². The number of aliphatic carboxylic acids is 1. The summed E-state index contributed by atoms with van der Waals surface area (Å²) in [6.07, 6.45) is -1.34. The van der Waals surface area contributed by atoms with Crippen molar-refractivity contribution in [3.05, 3.63) is 29.3 Å². The lowest BCUT2D eigenvalue weighted by atomic mass is 9.90. The van der Waals surface area contributed by atoms with Crippen molar-refractivity contribution in [3.8, 4) is 0 Å². The normalized spacial score (nSPS) is 20.2. The van der Waals surface area contributed by atoms with Gasteiger partial charge in [-0.2, -0.15) is 0 Å². The molecule has 0 bridgehead atoms. The van der Waals surface area contributed by atoms with E-state index in [1.165, 1.54) is 0 Å². The zero-order chi connectivity index (χ0) is 19.4. The van der Waals surface area contributed by atoms with Crippen LogP contribution in [0.15, 0.2) is 24.3 Å². The Balaban J connectivity index is 2.11. The van der Waals surface area contributed by atoms with Gasteiger partial charge in [-0.25, -0.2) is 4.79 Å². The number of piperazine rings is 1. The summed E-state index contributed by atoms with van der Waals surface area (Å²) in [5.74, 6) is -2.45. The maximum absolute atomic E-state index is 13.0. The Hall–Kier alpha value is -1.79. The van der Waals surface area contributed by atoms with Crippen LogP contribution in [0.3, 0.4) is 0 Å². The van der Waals surface area contributed by atoms with Crippen molar-refractivity contribution >= 4 is 29.2 Å². The average Bonchev–Trinajstić information content (AvgIpc) is 2.58. The molecule has 1 aliphatic heterocycles. The highest BCUT2D eigenvalue weighted by atomic mass is 35.5. The number of halogens is 1. The van der Waals surface area contributed by atoms with Crippen LogP contribution >= 0.6 is 11.6 Å². The largest absolute Gasteiger partial charge is 0.479 e. The van der Waals surface area contributed by atoms with Crippen LogP contribution < -0.4 is 4.90 Å². The minimum absolute atomic E-state index is 0.0918. The lowest BCUT2D eigenvalue weighted by molar-refractivity contribution is -0.158. The van der Waals surface area contributed by atoms with Crippen LogP contribution in [0.4, 0.5) is 5.69 Å². The van der Waals surface area contributed by atoms with Crippen molar-refractivity contribution in [2.24, 2.45) is 11.8 Å². The van der Waals surface area contributed by atoms with Gasteiger partial charge in [0.25, 0.3) is 0 Å². The summed E-state index contributed by atoms with van der Waals surface area (Å²) < 4.78 is 0. The Bertz CT molecular complexity index is 652. The highest BCUT2D eigenvalue weighted by Gasteiger charge is 2.38. The average molecular weight is 383 g/mol. The Kier molecular flexibility index (Phi) is 6.89. The van der Waals surface area contributed by atoms with E-state index in [9.17, 15) is 14.7 Å². The van der Waals surface area contributed by atoms with E-state index in [4.69, 9.17) is 16.7 Å². The SMILES string of the molecule is CC(C)C[C@H](C(=O)N1CCN(c2cccc(Cl)c2)C[C@H]1C)[C@H](O)C(=O)O. The molecule has 0 spiro atoms. The molecule has 144 valence electrons. The van der Waals surface area contributed by atoms with Gasteiger partial charge in [0.1, 0.15) is 0 Å². The molecule has 0 aliphatic carbocycles. The van der Waals surface area contributed by atoms with Crippen molar-refractivity contribution < 1.29 is 19.8 Å². The van der Waals surface area contributed by atoms with Gasteiger partial charge >= 0.3 is 5.97 Å². The van der Waals surface area contributed by atoms with Crippen LogP contribution in [-0.2, 0) is 9.59 Å². The van der Waals surface area contributed by atoms with Crippen LogP contribution in [0.5, 0.6) is 0 Å². The molecular formula is C19H27ClN2O4. The second kappa shape index (κ2) is 8.73. The number of anilines is 1. The van der Waals surface area contributed by atoms with Gasteiger partial charge in [0.05, 0.1) is 5.92 Å². The van der Waals surface area contributed by atoms with Gasteiger partial charge in [0.15, 0.2) is 6.10 Å². The fraction of sp³-hybridized carbons (Fsp3) is 0.579. The first-order valence-corrected chi connectivity index (χ1v) is 9.30. The van der Waals surface area contributed by atoms with E-state index in [0.717, 1.165) is 5.69 Å². The molecule has 0 unspecified atom stereocenters. The van der Waals surface area contributed by atoms with Gasteiger partial charge in [-0.05, 0) is 37.5 Å². The first-order chi connectivity index (χ1) is 12.2. The predicted molar refractivity (Wildman–Crippen MR) is 101 cm³/mol. The Morgan fingerprint density at radius 1 is 1.31 bits per heavy atom. The molecule has 1 amide bonds. The van der Waals surface area contributed by atoms with Gasteiger partial charge < -0.3 is 20.0 Å². The van der Waals surface area contributed by atoms with Crippen LogP contribution in [0.2, 0.25) is 5.02 Å². The smallest absolute Gasteiger partial charge is 0.333 e. The molecule has 26 heavy (non-hydrogen) atoms. The second-order valence-electron chi connectivity index (χ2n) is 7.33. The summed E-state index contributed by atoms with van der Waals surface area (Å²) in [6.45, 7) is 7.50. The van der Waals surface area contributed by atoms with E-state index in [0.29, 0.717) is 31.1 Å². The molecule has 1 saturated heterocycles. The number of benzene rings is 1. The van der Waals surface area contributed by atoms with E-state index in [2.05, 4.69) is 4.90 Å². The van der Waals surface area contributed by atoms with Crippen LogP contribution in [0, 0.1) is 11.8 Å². The van der Waals surface area contributed by atoms with Crippen LogP contribution in [0.25, 0.3) is 0 Å². The number of carbonyl (C=O) groups excluding carboxylic acids is 1. The third kappa shape index (κ3) is 4.89. The summed E-state index contributed by atoms with van der Waals surface area (Å²) in [7, 11) is 0. The van der Waals surface area contributed by atoms with Gasteiger partial charge in [-0.15, -0.1) is 0 Å². The Morgan fingerprint density at radius 2 is 2.00 bits per heavy atom. The van der Waals surface area contributed by atoms with E-state index in [-0.39, 0.29) is 17.9 Å². The molecule has 1 aliphatic rings. The molecule has 1 heterocycles. The monoisotopic (exact) mass is 382 g/mol. The van der Waals surface area contributed by atoms with Crippen molar-refractivity contribution in [1.82, 2.24) is 4.90 Å². The molecule has 6 nitrogen and oxygen atoms in total. The number of aliphatic hydroxyl groups is 1. The topological polar surface area (TPSA) is 81.1 Å². The molecule has 0 saturated carbocycles. The minimum atomic E-state index is -1.68. The molecule has 0 aromatic heterocycles. The highest BCUT2D eigenvalue weighted by molar-refractivity contribution is 6.30. The van der Waals surface area contributed by atoms with Crippen molar-refractivity contribution in [3.63, 3.8) is 0 Å². The van der Waals surface area contributed by atoms with Crippen molar-refractivity contribution in [2.45, 2.75) is 39.3 Å². The number of carboxylic acids is 1. The number of carbonyl (C=O) groups is 2. The molecule has 3 atom stereocenters. The summed E-state index contributed by atoms with van der Waals surface area (Å²) >= 11 is 6.06. The number of hydrogen-bond acceptors (Lipinski definition) is 4. The molecule has 7 heteroatoms. The number of hydrogen-bond donors (Lipinski definition) is 2. The zero-order valence-electron chi connectivity index (χ0n) is 15.4. The molecule has 2 N–H and O–H groups in total.